The van der Waals surface area contributed by atoms with Crippen molar-refractivity contribution in [3.63, 3.8) is 0 Å². The Kier molecular flexibility index (Phi) is 4.44. The molecule has 0 unspecified atom stereocenters. The zero-order valence-electron chi connectivity index (χ0n) is 10.8. The lowest BCUT2D eigenvalue weighted by atomic mass is 10.1. The molecule has 20 heavy (non-hydrogen) atoms. The topological polar surface area (TPSA) is 45.0 Å². The van der Waals surface area contributed by atoms with E-state index in [1.54, 1.807) is 37.4 Å². The van der Waals surface area contributed by atoms with Crippen LogP contribution in [0.1, 0.15) is 11.1 Å². The fraction of sp³-hybridized carbons (Fsp3) is 0.133. The number of nitriles is 1. The van der Waals surface area contributed by atoms with Gasteiger partial charge in [-0.3, -0.25) is 0 Å². The molecule has 2 aromatic rings. The first-order valence-electron chi connectivity index (χ1n) is 5.90. The minimum atomic E-state index is -0.496. The highest BCUT2D eigenvalue weighted by Gasteiger charge is 2.08. The average Bonchev–Trinajstić information content (AvgIpc) is 2.48. The Bertz CT molecular complexity index is 667. The molecule has 0 radical (unpaired) electrons. The van der Waals surface area contributed by atoms with Gasteiger partial charge in [0.15, 0.2) is 5.82 Å². The average molecular weight is 291 g/mol. The van der Waals surface area contributed by atoms with E-state index in [-0.39, 0.29) is 5.02 Å². The highest BCUT2D eigenvalue weighted by Crippen LogP contribution is 2.25. The van der Waals surface area contributed by atoms with E-state index in [0.29, 0.717) is 23.5 Å². The Morgan fingerprint density at radius 3 is 2.85 bits per heavy atom. The smallest absolute Gasteiger partial charge is 0.164 e. The molecule has 0 saturated heterocycles. The second-order valence-electron chi connectivity index (χ2n) is 4.09. The maximum absolute atomic E-state index is 13.8. The van der Waals surface area contributed by atoms with Crippen LogP contribution in [0.5, 0.6) is 5.75 Å². The highest BCUT2D eigenvalue weighted by atomic mass is 35.5. The van der Waals surface area contributed by atoms with Gasteiger partial charge in [-0.25, -0.2) is 4.39 Å². The predicted octanol–water partition coefficient (Wildman–Crippen LogP) is 3.97. The molecule has 0 fully saturated rings. The van der Waals surface area contributed by atoms with Crippen molar-refractivity contribution < 1.29 is 9.13 Å². The summed E-state index contributed by atoms with van der Waals surface area (Å²) in [7, 11) is 1.55. The van der Waals surface area contributed by atoms with Gasteiger partial charge in [0.1, 0.15) is 5.75 Å². The van der Waals surface area contributed by atoms with E-state index in [1.807, 2.05) is 0 Å². The lowest BCUT2D eigenvalue weighted by molar-refractivity contribution is 0.410. The Hall–Kier alpha value is -2.25. The lowest BCUT2D eigenvalue weighted by Gasteiger charge is -2.12. The molecule has 0 aliphatic rings. The summed E-state index contributed by atoms with van der Waals surface area (Å²) in [5.74, 6) is 0.142. The molecule has 3 nitrogen and oxygen atoms in total. The van der Waals surface area contributed by atoms with Crippen LogP contribution in [0, 0.1) is 17.1 Å². The summed E-state index contributed by atoms with van der Waals surface area (Å²) in [5.41, 5.74) is 1.60. The van der Waals surface area contributed by atoms with Crippen LogP contribution in [0.4, 0.5) is 10.1 Å². The summed E-state index contributed by atoms with van der Waals surface area (Å²) < 4.78 is 19.0. The van der Waals surface area contributed by atoms with E-state index in [2.05, 4.69) is 11.4 Å². The maximum Gasteiger partial charge on any atom is 0.164 e. The number of halogens is 2. The number of benzene rings is 2. The quantitative estimate of drug-likeness (QED) is 0.926. The van der Waals surface area contributed by atoms with Gasteiger partial charge in [-0.1, -0.05) is 17.7 Å². The molecule has 102 valence electrons. The fourth-order valence-corrected chi connectivity index (χ4v) is 1.99. The highest BCUT2D eigenvalue weighted by molar-refractivity contribution is 6.31. The standard InChI is InChI=1S/C15H12ClFN2O/c1-20-14-6-5-10(8-18)7-11(14)9-19-13-4-2-3-12(16)15(13)17/h2-7,19H,9H2,1H3. The number of nitrogens with one attached hydrogen (secondary N) is 1. The number of anilines is 1. The van der Waals surface area contributed by atoms with Gasteiger partial charge in [0, 0.05) is 12.1 Å². The molecular weight excluding hydrogens is 279 g/mol. The van der Waals surface area contributed by atoms with Crippen LogP contribution < -0.4 is 10.1 Å². The molecule has 1 N–H and O–H groups in total. The molecule has 2 rings (SSSR count). The van der Waals surface area contributed by atoms with Crippen LogP contribution in [0.3, 0.4) is 0 Å². The Morgan fingerprint density at radius 2 is 2.15 bits per heavy atom. The third kappa shape index (κ3) is 3.01. The Morgan fingerprint density at radius 1 is 1.35 bits per heavy atom. The molecule has 0 aliphatic carbocycles. The summed E-state index contributed by atoms with van der Waals surface area (Å²) in [5, 5.41) is 11.9. The summed E-state index contributed by atoms with van der Waals surface area (Å²) in [6.07, 6.45) is 0. The van der Waals surface area contributed by atoms with E-state index in [4.69, 9.17) is 21.6 Å². The minimum Gasteiger partial charge on any atom is -0.496 e. The van der Waals surface area contributed by atoms with Crippen molar-refractivity contribution in [2.75, 3.05) is 12.4 Å². The van der Waals surface area contributed by atoms with E-state index in [9.17, 15) is 4.39 Å². The van der Waals surface area contributed by atoms with Crippen LogP contribution in [0.25, 0.3) is 0 Å². The molecule has 0 spiro atoms. The number of hydrogen-bond donors (Lipinski definition) is 1. The van der Waals surface area contributed by atoms with Crippen molar-refractivity contribution in [3.8, 4) is 11.8 Å². The van der Waals surface area contributed by atoms with Gasteiger partial charge in [0.05, 0.1) is 29.5 Å². The normalized spacial score (nSPS) is 9.90. The number of hydrogen-bond acceptors (Lipinski definition) is 3. The maximum atomic E-state index is 13.8. The number of methoxy groups -OCH3 is 1. The van der Waals surface area contributed by atoms with E-state index in [0.717, 1.165) is 5.56 Å². The third-order valence-electron chi connectivity index (χ3n) is 2.83. The molecule has 5 heteroatoms. The largest absolute Gasteiger partial charge is 0.496 e. The van der Waals surface area contributed by atoms with Gasteiger partial charge in [0.25, 0.3) is 0 Å². The summed E-state index contributed by atoms with van der Waals surface area (Å²) in [6.45, 7) is 0.329. The van der Waals surface area contributed by atoms with Crippen molar-refractivity contribution in [1.29, 1.82) is 5.26 Å². The monoisotopic (exact) mass is 290 g/mol. The first-order valence-corrected chi connectivity index (χ1v) is 6.28. The van der Waals surface area contributed by atoms with Crippen molar-refractivity contribution in [3.05, 3.63) is 58.4 Å². The number of rotatable bonds is 4. The zero-order chi connectivity index (χ0) is 14.5. The van der Waals surface area contributed by atoms with Crippen molar-refractivity contribution in [2.45, 2.75) is 6.54 Å². The minimum absolute atomic E-state index is 0.0627. The number of ether oxygens (including phenoxy) is 1. The predicted molar refractivity (Wildman–Crippen MR) is 76.4 cm³/mol. The van der Waals surface area contributed by atoms with Crippen LogP contribution in [-0.4, -0.2) is 7.11 Å². The molecule has 0 aliphatic heterocycles. The van der Waals surface area contributed by atoms with Crippen molar-refractivity contribution in [1.82, 2.24) is 0 Å². The Labute approximate surface area is 121 Å². The summed E-state index contributed by atoms with van der Waals surface area (Å²) in [4.78, 5) is 0. The third-order valence-corrected chi connectivity index (χ3v) is 3.12. The molecule has 2 aromatic carbocycles. The molecule has 0 amide bonds. The van der Waals surface area contributed by atoms with E-state index < -0.39 is 5.82 Å². The van der Waals surface area contributed by atoms with Gasteiger partial charge < -0.3 is 10.1 Å². The van der Waals surface area contributed by atoms with E-state index in [1.165, 1.54) is 6.07 Å². The zero-order valence-corrected chi connectivity index (χ0v) is 11.5. The van der Waals surface area contributed by atoms with Gasteiger partial charge >= 0.3 is 0 Å². The second kappa shape index (κ2) is 6.27. The molecule has 0 atom stereocenters. The molecule has 0 saturated carbocycles. The van der Waals surface area contributed by atoms with Crippen molar-refractivity contribution >= 4 is 17.3 Å². The lowest BCUT2D eigenvalue weighted by Crippen LogP contribution is -2.04. The first kappa shape index (κ1) is 14.2. The van der Waals surface area contributed by atoms with Gasteiger partial charge in [-0.15, -0.1) is 0 Å². The molecular formula is C15H12ClFN2O. The second-order valence-corrected chi connectivity index (χ2v) is 4.50. The van der Waals surface area contributed by atoms with Gasteiger partial charge in [0.2, 0.25) is 0 Å². The van der Waals surface area contributed by atoms with Gasteiger partial charge in [-0.05, 0) is 30.3 Å². The molecule has 0 aromatic heterocycles. The summed E-state index contributed by atoms with van der Waals surface area (Å²) >= 11 is 5.72. The molecule has 0 bridgehead atoms. The van der Waals surface area contributed by atoms with E-state index >= 15 is 0 Å². The first-order chi connectivity index (χ1) is 9.65. The van der Waals surface area contributed by atoms with Crippen LogP contribution >= 0.6 is 11.6 Å². The van der Waals surface area contributed by atoms with Crippen LogP contribution in [-0.2, 0) is 6.54 Å². The van der Waals surface area contributed by atoms with Crippen LogP contribution in [0.2, 0.25) is 5.02 Å². The van der Waals surface area contributed by atoms with Crippen LogP contribution in [0.15, 0.2) is 36.4 Å². The Balaban J connectivity index is 2.22. The summed E-state index contributed by atoms with van der Waals surface area (Å²) in [6, 6.07) is 11.9. The van der Waals surface area contributed by atoms with Gasteiger partial charge in [-0.2, -0.15) is 5.26 Å². The van der Waals surface area contributed by atoms with Crippen molar-refractivity contribution in [2.24, 2.45) is 0 Å². The fourth-order valence-electron chi connectivity index (χ4n) is 1.82. The number of nitrogens with zero attached hydrogens (tertiary/aromatic N) is 1. The SMILES string of the molecule is COc1ccc(C#N)cc1CNc1cccc(Cl)c1F. The molecule has 0 heterocycles.